The van der Waals surface area contributed by atoms with Crippen LogP contribution in [0.1, 0.15) is 60.2 Å². The van der Waals surface area contributed by atoms with Crippen molar-refractivity contribution in [1.29, 1.82) is 0 Å². The molecule has 144 valence electrons. The van der Waals surface area contributed by atoms with Gasteiger partial charge in [-0.3, -0.25) is 4.79 Å². The molecule has 0 N–H and O–H groups in total. The summed E-state index contributed by atoms with van der Waals surface area (Å²) in [4.78, 5) is 15.4. The summed E-state index contributed by atoms with van der Waals surface area (Å²) in [5.41, 5.74) is 2.05. The number of benzene rings is 1. The molecule has 2 aromatic rings. The summed E-state index contributed by atoms with van der Waals surface area (Å²) in [7, 11) is 1.70. The number of fused-ring (bicyclic) bond motifs is 3. The lowest BCUT2D eigenvalue weighted by Gasteiger charge is -2.28. The van der Waals surface area contributed by atoms with Crippen molar-refractivity contribution in [3.63, 3.8) is 0 Å². The molecule has 27 heavy (non-hydrogen) atoms. The fraction of sp³-hybridized carbons (Fsp3) is 0.571. The Kier molecular flexibility index (Phi) is 5.00. The SMILES string of the molecule is COCCc1nnc2n1CC1CCC(C2)N1C(=O)c1ccc(C(C)C)cc1. The summed E-state index contributed by atoms with van der Waals surface area (Å²) >= 11 is 0. The molecular weight excluding hydrogens is 340 g/mol. The van der Waals surface area contributed by atoms with Gasteiger partial charge in [-0.05, 0) is 36.5 Å². The maximum atomic E-state index is 13.3. The number of carbonyl (C=O) groups excluding carboxylic acids is 1. The van der Waals surface area contributed by atoms with Gasteiger partial charge in [0.05, 0.1) is 12.6 Å². The molecule has 1 aromatic heterocycles. The zero-order chi connectivity index (χ0) is 19.0. The van der Waals surface area contributed by atoms with Crippen molar-refractivity contribution < 1.29 is 9.53 Å². The van der Waals surface area contributed by atoms with E-state index in [4.69, 9.17) is 4.74 Å². The molecule has 2 atom stereocenters. The Hall–Kier alpha value is -2.21. The molecule has 6 heteroatoms. The molecule has 2 bridgehead atoms. The fourth-order valence-electron chi connectivity index (χ4n) is 4.37. The van der Waals surface area contributed by atoms with Gasteiger partial charge < -0.3 is 14.2 Å². The number of hydrogen-bond donors (Lipinski definition) is 0. The quantitative estimate of drug-likeness (QED) is 0.814. The Balaban J connectivity index is 1.56. The van der Waals surface area contributed by atoms with Gasteiger partial charge in [-0.15, -0.1) is 10.2 Å². The van der Waals surface area contributed by atoms with Crippen molar-refractivity contribution in [2.75, 3.05) is 13.7 Å². The topological polar surface area (TPSA) is 60.3 Å². The number of nitrogens with zero attached hydrogens (tertiary/aromatic N) is 4. The Bertz CT molecular complexity index is 812. The largest absolute Gasteiger partial charge is 0.384 e. The molecule has 0 saturated carbocycles. The summed E-state index contributed by atoms with van der Waals surface area (Å²) in [6.45, 7) is 5.76. The van der Waals surface area contributed by atoms with E-state index in [2.05, 4.69) is 45.6 Å². The highest BCUT2D eigenvalue weighted by atomic mass is 16.5. The highest BCUT2D eigenvalue weighted by Crippen LogP contribution is 2.33. The van der Waals surface area contributed by atoms with Crippen LogP contribution in [-0.4, -0.2) is 51.4 Å². The summed E-state index contributed by atoms with van der Waals surface area (Å²) < 4.78 is 7.41. The van der Waals surface area contributed by atoms with Gasteiger partial charge in [0, 0.05) is 38.1 Å². The second-order valence-electron chi connectivity index (χ2n) is 7.96. The molecule has 4 rings (SSSR count). The second-order valence-corrected chi connectivity index (χ2v) is 7.96. The van der Waals surface area contributed by atoms with Gasteiger partial charge >= 0.3 is 0 Å². The first kappa shape index (κ1) is 18.2. The van der Waals surface area contributed by atoms with Crippen LogP contribution in [0.4, 0.5) is 0 Å². The lowest BCUT2D eigenvalue weighted by atomic mass is 10.0. The number of ether oxygens (including phenoxy) is 1. The second kappa shape index (κ2) is 7.43. The number of amides is 1. The number of methoxy groups -OCH3 is 1. The third-order valence-corrected chi connectivity index (χ3v) is 5.92. The highest BCUT2D eigenvalue weighted by molar-refractivity contribution is 5.95. The maximum absolute atomic E-state index is 13.3. The smallest absolute Gasteiger partial charge is 0.254 e. The molecule has 6 nitrogen and oxygen atoms in total. The minimum atomic E-state index is 0.148. The summed E-state index contributed by atoms with van der Waals surface area (Å²) in [5, 5.41) is 8.76. The van der Waals surface area contributed by atoms with Gasteiger partial charge in [-0.25, -0.2) is 0 Å². The Morgan fingerprint density at radius 1 is 1.19 bits per heavy atom. The molecule has 2 unspecified atom stereocenters. The van der Waals surface area contributed by atoms with Crippen LogP contribution in [0.2, 0.25) is 0 Å². The van der Waals surface area contributed by atoms with Gasteiger partial charge in [-0.2, -0.15) is 0 Å². The molecule has 3 heterocycles. The van der Waals surface area contributed by atoms with Crippen molar-refractivity contribution in [2.24, 2.45) is 0 Å². The van der Waals surface area contributed by atoms with Crippen LogP contribution in [0.5, 0.6) is 0 Å². The van der Waals surface area contributed by atoms with E-state index in [9.17, 15) is 4.79 Å². The average Bonchev–Trinajstić information content (AvgIpc) is 3.18. The van der Waals surface area contributed by atoms with Crippen molar-refractivity contribution in [3.05, 3.63) is 47.0 Å². The number of aromatic nitrogens is 3. The van der Waals surface area contributed by atoms with Crippen molar-refractivity contribution >= 4 is 5.91 Å². The number of rotatable bonds is 5. The molecule has 1 amide bonds. The van der Waals surface area contributed by atoms with Crippen molar-refractivity contribution in [3.8, 4) is 0 Å². The van der Waals surface area contributed by atoms with E-state index in [0.29, 0.717) is 12.5 Å². The summed E-state index contributed by atoms with van der Waals surface area (Å²) in [6, 6.07) is 8.54. The standard InChI is InChI=1S/C21H28N4O2/c1-14(2)15-4-6-16(7-5-15)21(26)25-17-8-9-18(25)13-24-19(10-11-27-3)22-23-20(24)12-17/h4-7,14,17-18H,8-13H2,1-3H3. The van der Waals surface area contributed by atoms with E-state index in [0.717, 1.165) is 49.4 Å². The van der Waals surface area contributed by atoms with Crippen LogP contribution < -0.4 is 0 Å². The molecule has 1 fully saturated rings. The van der Waals surface area contributed by atoms with Crippen molar-refractivity contribution in [2.45, 2.75) is 64.1 Å². The van der Waals surface area contributed by atoms with E-state index in [1.165, 1.54) is 5.56 Å². The number of carbonyl (C=O) groups is 1. The Morgan fingerprint density at radius 2 is 1.93 bits per heavy atom. The van der Waals surface area contributed by atoms with E-state index in [1.54, 1.807) is 7.11 Å². The first-order valence-electron chi connectivity index (χ1n) is 9.91. The Labute approximate surface area is 160 Å². The third-order valence-electron chi connectivity index (χ3n) is 5.92. The molecule has 2 aliphatic heterocycles. The number of hydrogen-bond acceptors (Lipinski definition) is 4. The molecular formula is C21H28N4O2. The van der Waals surface area contributed by atoms with Gasteiger partial charge in [-0.1, -0.05) is 26.0 Å². The fourth-order valence-corrected chi connectivity index (χ4v) is 4.37. The molecule has 2 aliphatic rings. The zero-order valence-corrected chi connectivity index (χ0v) is 16.4. The van der Waals surface area contributed by atoms with E-state index in [1.807, 2.05) is 12.1 Å². The summed E-state index contributed by atoms with van der Waals surface area (Å²) in [5.74, 6) is 2.59. The maximum Gasteiger partial charge on any atom is 0.254 e. The predicted octanol–water partition coefficient (Wildman–Crippen LogP) is 2.82. The van der Waals surface area contributed by atoms with E-state index in [-0.39, 0.29) is 18.0 Å². The summed E-state index contributed by atoms with van der Waals surface area (Å²) in [6.07, 6.45) is 3.63. The minimum Gasteiger partial charge on any atom is -0.384 e. The van der Waals surface area contributed by atoms with Crippen LogP contribution in [0, 0.1) is 0 Å². The van der Waals surface area contributed by atoms with Crippen LogP contribution >= 0.6 is 0 Å². The lowest BCUT2D eigenvalue weighted by molar-refractivity contribution is 0.0665. The first-order valence-corrected chi connectivity index (χ1v) is 9.91. The highest BCUT2D eigenvalue weighted by Gasteiger charge is 2.41. The van der Waals surface area contributed by atoms with Crippen LogP contribution in [0.3, 0.4) is 0 Å². The molecule has 1 saturated heterocycles. The molecule has 0 radical (unpaired) electrons. The minimum absolute atomic E-state index is 0.148. The van der Waals surface area contributed by atoms with Gasteiger partial charge in [0.25, 0.3) is 5.91 Å². The predicted molar refractivity (Wildman–Crippen MR) is 103 cm³/mol. The van der Waals surface area contributed by atoms with Gasteiger partial charge in [0.1, 0.15) is 11.6 Å². The van der Waals surface area contributed by atoms with E-state index >= 15 is 0 Å². The van der Waals surface area contributed by atoms with Gasteiger partial charge in [0.15, 0.2) is 0 Å². The Morgan fingerprint density at radius 3 is 2.63 bits per heavy atom. The third kappa shape index (κ3) is 3.38. The zero-order valence-electron chi connectivity index (χ0n) is 16.4. The first-order chi connectivity index (χ1) is 13.1. The lowest BCUT2D eigenvalue weighted by Crippen LogP contribution is -2.42. The average molecular weight is 368 g/mol. The van der Waals surface area contributed by atoms with Crippen molar-refractivity contribution in [1.82, 2.24) is 19.7 Å². The van der Waals surface area contributed by atoms with Crippen LogP contribution in [0.25, 0.3) is 0 Å². The normalized spacial score (nSPS) is 21.4. The monoisotopic (exact) mass is 368 g/mol. The van der Waals surface area contributed by atoms with Gasteiger partial charge in [0.2, 0.25) is 0 Å². The molecule has 0 spiro atoms. The molecule has 0 aliphatic carbocycles. The molecule has 1 aromatic carbocycles. The van der Waals surface area contributed by atoms with Crippen LogP contribution in [-0.2, 0) is 24.1 Å². The van der Waals surface area contributed by atoms with E-state index < -0.39 is 0 Å². The van der Waals surface area contributed by atoms with Crippen LogP contribution in [0.15, 0.2) is 24.3 Å².